The van der Waals surface area contributed by atoms with Crippen LogP contribution in [0.4, 0.5) is 51.2 Å². The zero-order chi connectivity index (χ0) is 84.6. The molecule has 24 rings (SSSR count). The second-order valence-electron chi connectivity index (χ2n) is 40.4. The molecule has 604 valence electrons. The molecule has 0 N–H and O–H groups in total. The van der Waals surface area contributed by atoms with Gasteiger partial charge in [-0.25, -0.2) is 0 Å². The molecule has 8 heteroatoms. The summed E-state index contributed by atoms with van der Waals surface area (Å²) in [6, 6.07) is 109. The second kappa shape index (κ2) is 27.5. The van der Waals surface area contributed by atoms with Gasteiger partial charge < -0.3 is 23.8 Å². The normalized spacial score (nSPS) is 16.6. The molecular formula is C115H106B2ClN5. The first-order valence-electron chi connectivity index (χ1n) is 44.8. The third kappa shape index (κ3) is 11.5. The quantitative estimate of drug-likeness (QED) is 0.148. The highest BCUT2D eigenvalue weighted by Crippen LogP contribution is 2.59. The lowest BCUT2D eigenvalue weighted by Gasteiger charge is -2.45. The van der Waals surface area contributed by atoms with Crippen LogP contribution in [0.1, 0.15) is 187 Å². The Morgan fingerprint density at radius 1 is 0.309 bits per heavy atom. The Hall–Kier alpha value is -12.0. The predicted molar refractivity (Wildman–Crippen MR) is 525 cm³/mol. The minimum absolute atomic E-state index is 0.0608. The van der Waals surface area contributed by atoms with Gasteiger partial charge in [-0.2, -0.15) is 0 Å². The van der Waals surface area contributed by atoms with Crippen molar-refractivity contribution in [2.45, 2.75) is 175 Å². The van der Waals surface area contributed by atoms with Gasteiger partial charge in [-0.05, 0) is 277 Å². The average Bonchev–Trinajstić information content (AvgIpc) is 1.55. The highest BCUT2D eigenvalue weighted by atomic mass is 35.5. The first-order valence-corrected chi connectivity index (χ1v) is 45.2. The van der Waals surface area contributed by atoms with Crippen LogP contribution in [0.5, 0.6) is 0 Å². The highest BCUT2D eigenvalue weighted by Gasteiger charge is 2.51. The first-order chi connectivity index (χ1) is 59.1. The maximum Gasteiger partial charge on any atom is 0.252 e. The number of benzene rings is 14. The van der Waals surface area contributed by atoms with Crippen LogP contribution in [0.15, 0.2) is 291 Å². The fourth-order valence-electron chi connectivity index (χ4n) is 23.8. The molecule has 14 aromatic carbocycles. The summed E-state index contributed by atoms with van der Waals surface area (Å²) in [5.41, 5.74) is 49.7. The van der Waals surface area contributed by atoms with Crippen molar-refractivity contribution in [1.29, 1.82) is 0 Å². The Morgan fingerprint density at radius 3 is 1.10 bits per heavy atom. The monoisotopic (exact) mass is 1610 g/mol. The van der Waals surface area contributed by atoms with Gasteiger partial charge in [0.1, 0.15) is 0 Å². The van der Waals surface area contributed by atoms with E-state index in [4.69, 9.17) is 11.6 Å². The molecule has 4 aliphatic heterocycles. The smallest absolute Gasteiger partial charge is 0.252 e. The van der Waals surface area contributed by atoms with E-state index in [1.165, 1.54) is 226 Å². The second-order valence-corrected chi connectivity index (χ2v) is 40.9. The summed E-state index contributed by atoms with van der Waals surface area (Å²) in [6.07, 6.45) is 5.78. The van der Waals surface area contributed by atoms with E-state index in [1.807, 2.05) is 0 Å². The fourth-order valence-corrected chi connectivity index (χ4v) is 23.9. The van der Waals surface area contributed by atoms with Gasteiger partial charge in [-0.1, -0.05) is 301 Å². The van der Waals surface area contributed by atoms with Crippen molar-refractivity contribution in [2.75, 3.05) is 14.7 Å². The Labute approximate surface area is 732 Å². The number of para-hydroxylation sites is 4. The predicted octanol–water partition coefficient (Wildman–Crippen LogP) is 26.4. The molecule has 0 atom stereocenters. The van der Waals surface area contributed by atoms with Crippen LogP contribution >= 0.6 is 11.6 Å². The van der Waals surface area contributed by atoms with Crippen molar-refractivity contribution in [2.24, 2.45) is 0 Å². The maximum atomic E-state index is 6.92. The molecule has 8 aliphatic rings. The Kier molecular flexibility index (Phi) is 17.2. The number of rotatable bonds is 7. The van der Waals surface area contributed by atoms with Crippen molar-refractivity contribution in [3.63, 3.8) is 0 Å². The molecule has 0 bridgehead atoms. The van der Waals surface area contributed by atoms with Crippen LogP contribution in [0, 0.1) is 27.7 Å². The van der Waals surface area contributed by atoms with Gasteiger partial charge >= 0.3 is 0 Å². The standard InChI is InChI=1S/C57H52BN3.C45H42BClN2.C13H12/c1-35-30-49-52-50(31-35)61-53-41(51-54(61)40-22-15-16-24-42(40)57(51,7)8)23-17-25-46(53)58(52)45-27-26-39(59(37-18-11-9-12-19-37)38-20-13-10-14-21-38)33-48(45)60(49)47-34-44-43(32-36(47)2)55(3,4)28-29-56(44,5)6;1-25-20-37-40-38(21-25)49-41-29(39-42(49)28-12-9-10-14-30(28)45(39,7)8)13-11-15-34(41)46(40)33-17-16-27(47)23-36(33)48(37)35-24-32-31(22-26(35)2)43(3,4)18-19-44(32,5)6;1-3-7-12(8-4-1)11-13-9-5-2-6-10-13/h9-27,30-34H,28-29H2,1-8H3;9-17,20-24H,18-19H2,1-8H3;1-10H,11H2. The van der Waals surface area contributed by atoms with E-state index < -0.39 is 0 Å². The summed E-state index contributed by atoms with van der Waals surface area (Å²) in [4.78, 5) is 7.64. The molecule has 6 heterocycles. The molecule has 0 spiro atoms. The number of hydrogen-bond acceptors (Lipinski definition) is 3. The lowest BCUT2D eigenvalue weighted by atomic mass is 9.33. The van der Waals surface area contributed by atoms with Crippen molar-refractivity contribution in [1.82, 2.24) is 9.13 Å². The van der Waals surface area contributed by atoms with E-state index in [1.54, 1.807) is 0 Å². The zero-order valence-electron chi connectivity index (χ0n) is 74.0. The summed E-state index contributed by atoms with van der Waals surface area (Å²) < 4.78 is 5.31. The van der Waals surface area contributed by atoms with Crippen LogP contribution < -0.4 is 47.5 Å². The molecule has 0 fully saturated rings. The van der Waals surface area contributed by atoms with E-state index in [2.05, 4.69) is 426 Å². The van der Waals surface area contributed by atoms with Gasteiger partial charge in [-0.3, -0.25) is 0 Å². The van der Waals surface area contributed by atoms with Crippen molar-refractivity contribution >= 4 is 131 Å². The third-order valence-electron chi connectivity index (χ3n) is 30.0. The van der Waals surface area contributed by atoms with Gasteiger partial charge in [0.2, 0.25) is 0 Å². The van der Waals surface area contributed by atoms with E-state index >= 15 is 0 Å². The van der Waals surface area contributed by atoms with Crippen LogP contribution in [-0.4, -0.2) is 22.6 Å². The van der Waals surface area contributed by atoms with Crippen LogP contribution in [0.25, 0.3) is 55.7 Å². The molecule has 0 amide bonds. The lowest BCUT2D eigenvalue weighted by Crippen LogP contribution is -2.60. The molecule has 0 saturated carbocycles. The largest absolute Gasteiger partial charge is 0.311 e. The number of halogens is 1. The number of fused-ring (bicyclic) bond motifs is 20. The molecule has 5 nitrogen and oxygen atoms in total. The minimum atomic E-state index is -0.126. The molecule has 2 aromatic heterocycles. The molecular weight excluding hydrogens is 1510 g/mol. The minimum Gasteiger partial charge on any atom is -0.311 e. The van der Waals surface area contributed by atoms with E-state index in [0.29, 0.717) is 0 Å². The third-order valence-corrected chi connectivity index (χ3v) is 30.3. The van der Waals surface area contributed by atoms with Crippen LogP contribution in [-0.2, 0) is 38.9 Å². The van der Waals surface area contributed by atoms with Gasteiger partial charge in [0.05, 0.1) is 11.4 Å². The zero-order valence-corrected chi connectivity index (χ0v) is 74.8. The van der Waals surface area contributed by atoms with Gasteiger partial charge in [0, 0.05) is 111 Å². The SMILES string of the molecule is Cc1cc2c3c(c1)-n1c4c(c5cccc(c51)B3c1ccc(Cl)cc1N2c1cc2c(cc1C)C(C)(C)CCC2(C)C)C(C)(C)c1ccccc1-4.Cc1cc2c3c(c1)-n1c4c(c5cccc(c51)B3c1ccc(N(c3ccccc3)c3ccccc3)cc1N2c1cc2c(cc1C)C(C)(C)CCC2(C)C)C(C)(C)c1ccccc1-4.c1ccc(Cc2ccccc2)cc1. The molecule has 0 radical (unpaired) electrons. The molecule has 4 aliphatic carbocycles. The Bertz CT molecular complexity index is 7040. The first kappa shape index (κ1) is 77.1. The van der Waals surface area contributed by atoms with Gasteiger partial charge in [-0.15, -0.1) is 0 Å². The van der Waals surface area contributed by atoms with E-state index in [0.717, 1.165) is 28.5 Å². The topological polar surface area (TPSA) is 19.6 Å². The molecule has 123 heavy (non-hydrogen) atoms. The molecule has 0 unspecified atom stereocenters. The number of anilines is 9. The lowest BCUT2D eigenvalue weighted by molar-refractivity contribution is 0.332. The summed E-state index contributed by atoms with van der Waals surface area (Å²) in [5, 5.41) is 3.51. The molecule has 16 aromatic rings. The summed E-state index contributed by atoms with van der Waals surface area (Å²) in [6.45, 7) is 38.6. The van der Waals surface area contributed by atoms with Gasteiger partial charge in [0.25, 0.3) is 13.4 Å². The maximum absolute atomic E-state index is 6.92. The van der Waals surface area contributed by atoms with Crippen LogP contribution in [0.3, 0.4) is 0 Å². The summed E-state index contributed by atoms with van der Waals surface area (Å²) in [7, 11) is 0. The van der Waals surface area contributed by atoms with Crippen molar-refractivity contribution < 1.29 is 0 Å². The number of aromatic nitrogens is 2. The summed E-state index contributed by atoms with van der Waals surface area (Å²) in [5.74, 6) is 0. The van der Waals surface area contributed by atoms with Crippen LogP contribution in [0.2, 0.25) is 5.02 Å². The van der Waals surface area contributed by atoms with Crippen molar-refractivity contribution in [3.05, 3.63) is 374 Å². The number of hydrogen-bond donors (Lipinski definition) is 0. The van der Waals surface area contributed by atoms with Crippen molar-refractivity contribution in [3.8, 4) is 33.9 Å². The summed E-state index contributed by atoms with van der Waals surface area (Å²) >= 11 is 6.92. The fraction of sp³-hybridized carbons (Fsp3) is 0.235. The average molecular weight is 1620 g/mol. The van der Waals surface area contributed by atoms with E-state index in [9.17, 15) is 0 Å². The highest BCUT2D eigenvalue weighted by molar-refractivity contribution is 7.01. The van der Waals surface area contributed by atoms with Gasteiger partial charge in [0.15, 0.2) is 0 Å². The van der Waals surface area contributed by atoms with E-state index in [-0.39, 0.29) is 45.9 Å². The molecule has 0 saturated heterocycles. The Morgan fingerprint density at radius 2 is 0.675 bits per heavy atom. The Balaban J connectivity index is 0.000000130. The number of aryl methyl sites for hydroxylation is 4. The number of nitrogens with zero attached hydrogens (tertiary/aromatic N) is 5.